The summed E-state index contributed by atoms with van der Waals surface area (Å²) in [7, 11) is 1.55. The Hall–Kier alpha value is -0.693. The molecule has 0 atom stereocenters. The lowest BCUT2D eigenvalue weighted by molar-refractivity contribution is -0.137. The minimum Gasteiger partial charge on any atom is -0.458 e. The van der Waals surface area contributed by atoms with E-state index in [1.54, 1.807) is 0 Å². The summed E-state index contributed by atoms with van der Waals surface area (Å²) < 4.78 is 19.8. The van der Waals surface area contributed by atoms with E-state index < -0.39 is 14.8 Å². The summed E-state index contributed by atoms with van der Waals surface area (Å²) in [6.45, 7) is 3.26. The molecule has 0 radical (unpaired) electrons. The van der Waals surface area contributed by atoms with Crippen LogP contribution >= 0.6 is 0 Å². The van der Waals surface area contributed by atoms with Crippen LogP contribution in [0, 0.1) is 0 Å². The highest BCUT2D eigenvalue weighted by atomic mass is 28.4. The number of hydrogen-bond acceptors (Lipinski definition) is 5. The summed E-state index contributed by atoms with van der Waals surface area (Å²) in [6.07, 6.45) is 1.06. The van der Waals surface area contributed by atoms with Gasteiger partial charge in [0, 0.05) is 27.4 Å². The summed E-state index contributed by atoms with van der Waals surface area (Å²) in [4.78, 5) is 10.7. The van der Waals surface area contributed by atoms with E-state index in [0.29, 0.717) is 0 Å². The molecule has 0 unspecified atom stereocenters. The molecule has 0 saturated carbocycles. The first kappa shape index (κ1) is 19.8. The largest absolute Gasteiger partial charge is 0.539 e. The highest BCUT2D eigenvalue weighted by Gasteiger charge is 2.39. The molecule has 15 heavy (non-hydrogen) atoms. The molecule has 0 fully saturated rings. The van der Waals surface area contributed by atoms with Crippen LogP contribution in [0.15, 0.2) is 12.7 Å². The Kier molecular flexibility index (Phi) is 13.0. The van der Waals surface area contributed by atoms with E-state index in [0.717, 1.165) is 6.08 Å². The van der Waals surface area contributed by atoms with Crippen molar-refractivity contribution < 1.29 is 22.8 Å². The average molecular weight is 238 g/mol. The molecule has 0 aliphatic rings. The first-order valence-corrected chi connectivity index (χ1v) is 5.52. The molecule has 0 saturated heterocycles. The lowest BCUT2D eigenvalue weighted by Gasteiger charge is -2.23. The highest BCUT2D eigenvalue weighted by Crippen LogP contribution is 2.06. The van der Waals surface area contributed by atoms with Gasteiger partial charge in [-0.1, -0.05) is 21.4 Å². The van der Waals surface area contributed by atoms with Gasteiger partial charge in [-0.25, -0.2) is 4.79 Å². The maximum Gasteiger partial charge on any atom is 0.539 e. The van der Waals surface area contributed by atoms with Gasteiger partial charge >= 0.3 is 14.8 Å². The zero-order valence-electron chi connectivity index (χ0n) is 8.03. The van der Waals surface area contributed by atoms with Crippen LogP contribution in [0.1, 0.15) is 14.9 Å². The van der Waals surface area contributed by atoms with Gasteiger partial charge in [-0.2, -0.15) is 0 Å². The summed E-state index contributed by atoms with van der Waals surface area (Å²) in [6, 6.07) is 0. The Labute approximate surface area is 93.3 Å². The molecule has 6 heteroatoms. The summed E-state index contributed by atoms with van der Waals surface area (Å²) in [5.41, 5.74) is 0. The molecule has 0 bridgehead atoms. The lowest BCUT2D eigenvalue weighted by atomic mass is 10.7. The van der Waals surface area contributed by atoms with Gasteiger partial charge in [-0.3, -0.25) is 0 Å². The summed E-state index contributed by atoms with van der Waals surface area (Å²) >= 11 is 0. The molecule has 0 rings (SSSR count). The van der Waals surface area contributed by atoms with Crippen molar-refractivity contribution in [2.45, 2.75) is 14.9 Å². The van der Waals surface area contributed by atoms with Gasteiger partial charge in [-0.05, 0) is 0 Å². The maximum absolute atomic E-state index is 10.7. The van der Waals surface area contributed by atoms with Crippen LogP contribution in [0.3, 0.4) is 0 Å². The van der Waals surface area contributed by atoms with Crippen molar-refractivity contribution >= 4 is 14.8 Å². The molecular formula is C9H22O5Si. The average Bonchev–Trinajstić information content (AvgIpc) is 2.20. The SMILES string of the molecule is C.C.C=CC(=O)OC[Si](OC)(OC)OC. The van der Waals surface area contributed by atoms with Crippen molar-refractivity contribution in [1.82, 2.24) is 0 Å². The molecule has 0 N–H and O–H groups in total. The van der Waals surface area contributed by atoms with Crippen molar-refractivity contribution in [2.24, 2.45) is 0 Å². The molecule has 0 aromatic heterocycles. The molecular weight excluding hydrogens is 216 g/mol. The van der Waals surface area contributed by atoms with E-state index in [-0.39, 0.29) is 21.1 Å². The van der Waals surface area contributed by atoms with Gasteiger partial charge in [0.25, 0.3) is 0 Å². The van der Waals surface area contributed by atoms with E-state index in [2.05, 4.69) is 6.58 Å². The third-order valence-corrected chi connectivity index (χ3v) is 3.85. The van der Waals surface area contributed by atoms with Gasteiger partial charge in [0.15, 0.2) is 6.23 Å². The van der Waals surface area contributed by atoms with Gasteiger partial charge < -0.3 is 18.0 Å². The second-order valence-electron chi connectivity index (χ2n) is 2.11. The number of rotatable bonds is 6. The van der Waals surface area contributed by atoms with E-state index in [1.165, 1.54) is 21.3 Å². The van der Waals surface area contributed by atoms with Gasteiger partial charge in [0.1, 0.15) is 0 Å². The zero-order valence-corrected chi connectivity index (χ0v) is 9.03. The second kappa shape index (κ2) is 9.85. The van der Waals surface area contributed by atoms with Crippen LogP contribution in [0.2, 0.25) is 0 Å². The molecule has 0 aromatic rings. The van der Waals surface area contributed by atoms with Crippen molar-refractivity contribution in [3.63, 3.8) is 0 Å². The minimum absolute atomic E-state index is 0. The monoisotopic (exact) mass is 238 g/mol. The van der Waals surface area contributed by atoms with E-state index in [9.17, 15) is 4.79 Å². The van der Waals surface area contributed by atoms with E-state index in [1.807, 2.05) is 0 Å². The first-order chi connectivity index (χ1) is 6.14. The Balaban J connectivity index is -0.000000720. The topological polar surface area (TPSA) is 54.0 Å². The second-order valence-corrected chi connectivity index (χ2v) is 4.99. The fourth-order valence-corrected chi connectivity index (χ4v) is 1.82. The fourth-order valence-electron chi connectivity index (χ4n) is 0.645. The van der Waals surface area contributed by atoms with Crippen molar-refractivity contribution in [3.05, 3.63) is 12.7 Å². The standard InChI is InChI=1S/C7H14O5Si.2CH4/c1-5-7(8)12-6-13(9-2,10-3)11-4;;/h5H,1,6H2,2-4H3;2*1H4. The highest BCUT2D eigenvalue weighted by molar-refractivity contribution is 6.60. The lowest BCUT2D eigenvalue weighted by Crippen LogP contribution is -2.48. The minimum atomic E-state index is -2.79. The number of hydrogen-bond donors (Lipinski definition) is 0. The zero-order chi connectivity index (χ0) is 10.3. The van der Waals surface area contributed by atoms with Crippen molar-refractivity contribution in [3.8, 4) is 0 Å². The Morgan fingerprint density at radius 1 is 1.20 bits per heavy atom. The molecule has 0 heterocycles. The van der Waals surface area contributed by atoms with Crippen LogP contribution in [-0.4, -0.2) is 42.3 Å². The molecule has 0 aliphatic heterocycles. The molecule has 0 aliphatic carbocycles. The van der Waals surface area contributed by atoms with Crippen LogP contribution in [-0.2, 0) is 22.8 Å². The number of carbonyl (C=O) groups excluding carboxylic acids is 1. The molecule has 92 valence electrons. The molecule has 5 nitrogen and oxygen atoms in total. The van der Waals surface area contributed by atoms with Gasteiger partial charge in [0.2, 0.25) is 0 Å². The van der Waals surface area contributed by atoms with Gasteiger partial charge in [-0.15, -0.1) is 0 Å². The normalized spacial score (nSPS) is 9.53. The van der Waals surface area contributed by atoms with E-state index in [4.69, 9.17) is 18.0 Å². The van der Waals surface area contributed by atoms with E-state index >= 15 is 0 Å². The van der Waals surface area contributed by atoms with Crippen LogP contribution in [0.5, 0.6) is 0 Å². The number of carbonyl (C=O) groups is 1. The third kappa shape index (κ3) is 6.40. The predicted octanol–water partition coefficient (Wildman–Crippen LogP) is 1.41. The summed E-state index contributed by atoms with van der Waals surface area (Å²) in [5.74, 6) is -0.525. The van der Waals surface area contributed by atoms with Crippen molar-refractivity contribution in [1.29, 1.82) is 0 Å². The Morgan fingerprint density at radius 3 is 1.87 bits per heavy atom. The fraction of sp³-hybridized carbons (Fsp3) is 0.667. The smallest absolute Gasteiger partial charge is 0.458 e. The number of esters is 1. The third-order valence-electron chi connectivity index (χ3n) is 1.49. The Morgan fingerprint density at radius 2 is 1.60 bits per heavy atom. The van der Waals surface area contributed by atoms with Crippen molar-refractivity contribution in [2.75, 3.05) is 27.6 Å². The Bertz CT molecular complexity index is 171. The quantitative estimate of drug-likeness (QED) is 0.398. The molecule has 0 aromatic carbocycles. The first-order valence-electron chi connectivity index (χ1n) is 3.58. The van der Waals surface area contributed by atoms with Crippen LogP contribution < -0.4 is 0 Å². The van der Waals surface area contributed by atoms with Crippen LogP contribution in [0.4, 0.5) is 0 Å². The predicted molar refractivity (Wildman–Crippen MR) is 61.4 cm³/mol. The molecule has 0 amide bonds. The summed E-state index contributed by atoms with van der Waals surface area (Å²) in [5, 5.41) is 0. The maximum atomic E-state index is 10.7. The van der Waals surface area contributed by atoms with Crippen LogP contribution in [0.25, 0.3) is 0 Å². The molecule has 0 spiro atoms. The van der Waals surface area contributed by atoms with Gasteiger partial charge in [0.05, 0.1) is 0 Å². The number of ether oxygens (including phenoxy) is 1.